The van der Waals surface area contributed by atoms with Crippen LogP contribution in [0.4, 0.5) is 30.7 Å². The Hall–Kier alpha value is -0.570. The van der Waals surface area contributed by atoms with Gasteiger partial charge in [0.15, 0.2) is 0 Å². The van der Waals surface area contributed by atoms with Crippen molar-refractivity contribution in [3.8, 4) is 0 Å². The summed E-state index contributed by atoms with van der Waals surface area (Å²) in [6.45, 7) is 2.54. The van der Waals surface area contributed by atoms with Crippen molar-refractivity contribution in [2.75, 3.05) is 19.8 Å². The standard InChI is InChI=1S/C26H45F7O2/c27-24(28,25(29,30)26(31,32)33)19-14-12-10-8-6-4-2-1-3-5-7-9-11-13-15-20-34-22-18-23-17-16-21-35-23/h23H,1-22H2. The van der Waals surface area contributed by atoms with Crippen molar-refractivity contribution in [1.29, 1.82) is 0 Å². The van der Waals surface area contributed by atoms with Gasteiger partial charge in [0, 0.05) is 26.2 Å². The molecule has 0 radical (unpaired) electrons. The molecule has 1 saturated heterocycles. The van der Waals surface area contributed by atoms with Crippen molar-refractivity contribution < 1.29 is 40.2 Å². The minimum atomic E-state index is -6.23. The lowest BCUT2D eigenvalue weighted by Crippen LogP contribution is -2.51. The first-order chi connectivity index (χ1) is 16.6. The van der Waals surface area contributed by atoms with Crippen LogP contribution in [0.25, 0.3) is 0 Å². The van der Waals surface area contributed by atoms with Crippen LogP contribution in [0.1, 0.15) is 122 Å². The molecule has 1 rings (SSSR count). The predicted molar refractivity (Wildman–Crippen MR) is 124 cm³/mol. The molecule has 0 aromatic heterocycles. The summed E-state index contributed by atoms with van der Waals surface area (Å²) in [4.78, 5) is 0. The van der Waals surface area contributed by atoms with E-state index in [4.69, 9.17) is 9.47 Å². The highest BCUT2D eigenvalue weighted by Gasteiger charge is 2.72. The highest BCUT2D eigenvalue weighted by molar-refractivity contribution is 4.90. The van der Waals surface area contributed by atoms with Crippen LogP contribution in [0, 0.1) is 0 Å². The summed E-state index contributed by atoms with van der Waals surface area (Å²) in [5.41, 5.74) is 0. The van der Waals surface area contributed by atoms with Gasteiger partial charge in [-0.1, -0.05) is 83.5 Å². The second-order valence-corrected chi connectivity index (χ2v) is 9.87. The lowest BCUT2D eigenvalue weighted by molar-refractivity contribution is -0.355. The fourth-order valence-corrected chi connectivity index (χ4v) is 4.40. The van der Waals surface area contributed by atoms with E-state index in [2.05, 4.69) is 0 Å². The van der Waals surface area contributed by atoms with E-state index in [0.29, 0.717) is 12.5 Å². The molecule has 1 heterocycles. The Kier molecular flexibility index (Phi) is 16.5. The van der Waals surface area contributed by atoms with Crippen LogP contribution in [-0.2, 0) is 9.47 Å². The Labute approximate surface area is 206 Å². The van der Waals surface area contributed by atoms with Crippen LogP contribution in [0.5, 0.6) is 0 Å². The van der Waals surface area contributed by atoms with Gasteiger partial charge in [0.1, 0.15) is 0 Å². The Morgan fingerprint density at radius 1 is 0.600 bits per heavy atom. The molecule has 0 aromatic rings. The van der Waals surface area contributed by atoms with Gasteiger partial charge in [0.05, 0.1) is 6.10 Å². The molecule has 35 heavy (non-hydrogen) atoms. The normalized spacial score (nSPS) is 17.4. The van der Waals surface area contributed by atoms with E-state index in [-0.39, 0.29) is 12.8 Å². The zero-order valence-corrected chi connectivity index (χ0v) is 21.1. The Bertz CT molecular complexity index is 506. The summed E-state index contributed by atoms with van der Waals surface area (Å²) in [5, 5.41) is 0. The van der Waals surface area contributed by atoms with Crippen molar-refractivity contribution in [3.63, 3.8) is 0 Å². The molecular weight excluding hydrogens is 477 g/mol. The van der Waals surface area contributed by atoms with Crippen LogP contribution in [0.2, 0.25) is 0 Å². The summed E-state index contributed by atoms with van der Waals surface area (Å²) in [6.07, 6.45) is 10.1. The Balaban J connectivity index is 1.78. The van der Waals surface area contributed by atoms with Gasteiger partial charge in [-0.25, -0.2) is 0 Å². The molecule has 1 aliphatic rings. The lowest BCUT2D eigenvalue weighted by Gasteiger charge is -2.28. The summed E-state index contributed by atoms with van der Waals surface area (Å²) >= 11 is 0. The fourth-order valence-electron chi connectivity index (χ4n) is 4.40. The molecule has 0 spiro atoms. The first-order valence-corrected chi connectivity index (χ1v) is 13.6. The topological polar surface area (TPSA) is 18.5 Å². The van der Waals surface area contributed by atoms with E-state index in [0.717, 1.165) is 64.8 Å². The van der Waals surface area contributed by atoms with Crippen molar-refractivity contribution in [2.45, 2.75) is 146 Å². The minimum absolute atomic E-state index is 0.241. The van der Waals surface area contributed by atoms with Gasteiger partial charge in [0.2, 0.25) is 0 Å². The molecular formula is C26H45F7O2. The van der Waals surface area contributed by atoms with Crippen LogP contribution in [-0.4, -0.2) is 43.9 Å². The van der Waals surface area contributed by atoms with Crippen LogP contribution in [0.3, 0.4) is 0 Å². The molecule has 0 aromatic carbocycles. The van der Waals surface area contributed by atoms with Gasteiger partial charge in [-0.2, -0.15) is 30.7 Å². The third-order valence-corrected chi connectivity index (χ3v) is 6.70. The maximum absolute atomic E-state index is 13.2. The SMILES string of the molecule is FC(F)(F)C(F)(F)C(F)(F)CCCCCCCCCCCCCCCCCOCCC1CCCO1. The molecule has 210 valence electrons. The highest BCUT2D eigenvalue weighted by atomic mass is 19.4. The van der Waals surface area contributed by atoms with E-state index in [1.807, 2.05) is 0 Å². The lowest BCUT2D eigenvalue weighted by atomic mass is 10.0. The number of hydrogen-bond acceptors (Lipinski definition) is 2. The Morgan fingerprint density at radius 3 is 1.49 bits per heavy atom. The summed E-state index contributed by atoms with van der Waals surface area (Å²) < 4.78 is 99.4. The quantitative estimate of drug-likeness (QED) is 0.104. The smallest absolute Gasteiger partial charge is 0.381 e. The molecule has 0 aliphatic carbocycles. The zero-order valence-electron chi connectivity index (χ0n) is 21.1. The molecule has 2 nitrogen and oxygen atoms in total. The molecule has 1 fully saturated rings. The van der Waals surface area contributed by atoms with Crippen LogP contribution >= 0.6 is 0 Å². The number of unbranched alkanes of at least 4 members (excludes halogenated alkanes) is 14. The minimum Gasteiger partial charge on any atom is -0.381 e. The molecule has 9 heteroatoms. The number of rotatable bonds is 22. The van der Waals surface area contributed by atoms with Crippen molar-refractivity contribution >= 4 is 0 Å². The second kappa shape index (κ2) is 17.8. The van der Waals surface area contributed by atoms with E-state index in [1.165, 1.54) is 51.4 Å². The monoisotopic (exact) mass is 522 g/mol. The van der Waals surface area contributed by atoms with Crippen molar-refractivity contribution in [3.05, 3.63) is 0 Å². The van der Waals surface area contributed by atoms with Gasteiger partial charge < -0.3 is 9.47 Å². The number of halogens is 7. The van der Waals surface area contributed by atoms with E-state index < -0.39 is 24.4 Å². The molecule has 0 N–H and O–H groups in total. The molecule has 0 amide bonds. The first-order valence-electron chi connectivity index (χ1n) is 13.6. The summed E-state index contributed by atoms with van der Waals surface area (Å²) in [6, 6.07) is 0. The Morgan fingerprint density at radius 2 is 1.06 bits per heavy atom. The molecule has 1 atom stereocenters. The van der Waals surface area contributed by atoms with E-state index in [9.17, 15) is 30.7 Å². The number of alkyl halides is 7. The molecule has 0 bridgehead atoms. The third-order valence-electron chi connectivity index (χ3n) is 6.70. The molecule has 0 saturated carbocycles. The van der Waals surface area contributed by atoms with Crippen LogP contribution in [0.15, 0.2) is 0 Å². The predicted octanol–water partition coefficient (Wildman–Crippen LogP) is 9.65. The summed E-state index contributed by atoms with van der Waals surface area (Å²) in [7, 11) is 0. The van der Waals surface area contributed by atoms with Crippen molar-refractivity contribution in [1.82, 2.24) is 0 Å². The fraction of sp³-hybridized carbons (Fsp3) is 1.00. The van der Waals surface area contributed by atoms with Gasteiger partial charge >= 0.3 is 18.0 Å². The van der Waals surface area contributed by atoms with Gasteiger partial charge in [-0.3, -0.25) is 0 Å². The second-order valence-electron chi connectivity index (χ2n) is 9.87. The molecule has 1 unspecified atom stereocenters. The van der Waals surface area contributed by atoms with Crippen molar-refractivity contribution in [2.24, 2.45) is 0 Å². The maximum Gasteiger partial charge on any atom is 0.459 e. The first kappa shape index (κ1) is 32.5. The van der Waals surface area contributed by atoms with E-state index >= 15 is 0 Å². The maximum atomic E-state index is 13.2. The van der Waals surface area contributed by atoms with Gasteiger partial charge in [0.25, 0.3) is 0 Å². The summed E-state index contributed by atoms with van der Waals surface area (Å²) in [5.74, 6) is -11.0. The van der Waals surface area contributed by atoms with E-state index in [1.54, 1.807) is 0 Å². The van der Waals surface area contributed by atoms with Gasteiger partial charge in [-0.05, 0) is 32.1 Å². The molecule has 1 aliphatic heterocycles. The average Bonchev–Trinajstić information content (AvgIpc) is 3.30. The highest BCUT2D eigenvalue weighted by Crippen LogP contribution is 2.48. The average molecular weight is 523 g/mol. The number of ether oxygens (including phenoxy) is 2. The zero-order chi connectivity index (χ0) is 26.0. The number of hydrogen-bond donors (Lipinski definition) is 0. The van der Waals surface area contributed by atoms with Crippen LogP contribution < -0.4 is 0 Å². The third kappa shape index (κ3) is 14.1. The largest absolute Gasteiger partial charge is 0.459 e. The van der Waals surface area contributed by atoms with Gasteiger partial charge in [-0.15, -0.1) is 0 Å².